The molecule has 1 saturated heterocycles. The Kier molecular flexibility index (Phi) is 9.27. The Morgan fingerprint density at radius 3 is 2.30 bits per heavy atom. The summed E-state index contributed by atoms with van der Waals surface area (Å²) in [5.41, 5.74) is 3.51. The average Bonchev–Trinajstić information content (AvgIpc) is 3.75. The molecule has 2 aromatic heterocycles. The molecule has 1 fully saturated rings. The predicted molar refractivity (Wildman–Crippen MR) is 181 cm³/mol. The third-order valence-electron chi connectivity index (χ3n) is 7.97. The number of sulfonamides is 1. The SMILES string of the molecule is N#Cc1ccc(Cn2cncc2CN(c2ccc(N3CCN(C(=O)c4ccc(Cl)s4)CC3)cc2)S(=O)(=O)c2ccccc2C#N)cc1. The molecule has 3 heterocycles. The van der Waals surface area contributed by atoms with Crippen LogP contribution < -0.4 is 9.21 Å². The zero-order chi connectivity index (χ0) is 33.0. The van der Waals surface area contributed by atoms with Gasteiger partial charge in [-0.05, 0) is 66.2 Å². The molecule has 6 rings (SSSR count). The van der Waals surface area contributed by atoms with Gasteiger partial charge in [-0.2, -0.15) is 10.5 Å². The van der Waals surface area contributed by atoms with Gasteiger partial charge in [-0.3, -0.25) is 9.10 Å². The van der Waals surface area contributed by atoms with Gasteiger partial charge in [0.1, 0.15) is 11.0 Å². The van der Waals surface area contributed by atoms with Crippen molar-refractivity contribution < 1.29 is 13.2 Å². The molecule has 13 heteroatoms. The molecule has 0 aliphatic carbocycles. The molecule has 0 unspecified atom stereocenters. The van der Waals surface area contributed by atoms with Crippen LogP contribution in [0.1, 0.15) is 32.1 Å². The third-order valence-corrected chi connectivity index (χ3v) is 11.0. The number of hydrogen-bond acceptors (Lipinski definition) is 8. The molecule has 236 valence electrons. The number of piperazine rings is 1. The number of anilines is 2. The Labute approximate surface area is 282 Å². The fraction of sp³-hybridized carbons (Fsp3) is 0.176. The summed E-state index contributed by atoms with van der Waals surface area (Å²) in [6.45, 7) is 2.73. The molecule has 5 aromatic rings. The predicted octanol–water partition coefficient (Wildman–Crippen LogP) is 5.75. The van der Waals surface area contributed by atoms with Crippen LogP contribution in [0.15, 0.2) is 102 Å². The summed E-state index contributed by atoms with van der Waals surface area (Å²) in [5.74, 6) is -0.0335. The van der Waals surface area contributed by atoms with Crippen LogP contribution in [0.3, 0.4) is 0 Å². The van der Waals surface area contributed by atoms with Gasteiger partial charge in [0.25, 0.3) is 15.9 Å². The summed E-state index contributed by atoms with van der Waals surface area (Å²) in [6, 6.07) is 28.2. The molecule has 1 aliphatic rings. The van der Waals surface area contributed by atoms with E-state index in [1.165, 1.54) is 27.8 Å². The van der Waals surface area contributed by atoms with Crippen LogP contribution in [0, 0.1) is 22.7 Å². The summed E-state index contributed by atoms with van der Waals surface area (Å²) in [6.07, 6.45) is 3.27. The summed E-state index contributed by atoms with van der Waals surface area (Å²) in [4.78, 5) is 21.7. The molecule has 0 saturated carbocycles. The first-order chi connectivity index (χ1) is 22.8. The van der Waals surface area contributed by atoms with Gasteiger partial charge in [0.15, 0.2) is 0 Å². The van der Waals surface area contributed by atoms with Crippen LogP contribution in [-0.2, 0) is 23.1 Å². The maximum absolute atomic E-state index is 14.2. The van der Waals surface area contributed by atoms with Crippen molar-refractivity contribution in [2.24, 2.45) is 0 Å². The lowest BCUT2D eigenvalue weighted by Gasteiger charge is -2.36. The number of rotatable bonds is 9. The van der Waals surface area contributed by atoms with Crippen LogP contribution in [-0.4, -0.2) is 55.0 Å². The topological polar surface area (TPSA) is 126 Å². The minimum absolute atomic E-state index is 0.0335. The normalized spacial score (nSPS) is 13.2. The first kappa shape index (κ1) is 31.8. The van der Waals surface area contributed by atoms with Gasteiger partial charge in [-0.15, -0.1) is 11.3 Å². The summed E-state index contributed by atoms with van der Waals surface area (Å²) >= 11 is 7.29. The quantitative estimate of drug-likeness (QED) is 0.194. The Hall–Kier alpha value is -5.14. The fourth-order valence-electron chi connectivity index (χ4n) is 5.45. The number of benzene rings is 3. The third kappa shape index (κ3) is 6.86. The molecule has 10 nitrogen and oxygen atoms in total. The Bertz CT molecular complexity index is 2090. The maximum atomic E-state index is 14.2. The van der Waals surface area contributed by atoms with Crippen molar-refractivity contribution in [2.75, 3.05) is 35.4 Å². The van der Waals surface area contributed by atoms with Crippen molar-refractivity contribution >= 4 is 50.2 Å². The number of halogens is 1. The first-order valence-electron chi connectivity index (χ1n) is 14.7. The van der Waals surface area contributed by atoms with Gasteiger partial charge in [0, 0.05) is 44.6 Å². The zero-order valence-electron chi connectivity index (χ0n) is 25.0. The Morgan fingerprint density at radius 2 is 1.64 bits per heavy atom. The van der Waals surface area contributed by atoms with E-state index in [4.69, 9.17) is 16.9 Å². The number of amides is 1. The van der Waals surface area contributed by atoms with Crippen LogP contribution in [0.25, 0.3) is 0 Å². The lowest BCUT2D eigenvalue weighted by molar-refractivity contribution is 0.0751. The van der Waals surface area contributed by atoms with Crippen molar-refractivity contribution in [2.45, 2.75) is 18.0 Å². The lowest BCUT2D eigenvalue weighted by Crippen LogP contribution is -2.48. The highest BCUT2D eigenvalue weighted by atomic mass is 35.5. The van der Waals surface area contributed by atoms with Gasteiger partial charge in [0.2, 0.25) is 0 Å². The molecule has 1 amide bonds. The van der Waals surface area contributed by atoms with Crippen molar-refractivity contribution in [3.8, 4) is 12.1 Å². The average molecular weight is 682 g/mol. The molecular weight excluding hydrogens is 654 g/mol. The van der Waals surface area contributed by atoms with E-state index in [9.17, 15) is 18.5 Å². The second kappa shape index (κ2) is 13.7. The molecule has 0 atom stereocenters. The molecule has 0 N–H and O–H groups in total. The van der Waals surface area contributed by atoms with Gasteiger partial charge in [-0.25, -0.2) is 13.4 Å². The van der Waals surface area contributed by atoms with E-state index in [1.54, 1.807) is 61.1 Å². The van der Waals surface area contributed by atoms with Crippen LogP contribution in [0.4, 0.5) is 11.4 Å². The number of nitriles is 2. The number of imidazole rings is 1. The maximum Gasteiger partial charge on any atom is 0.265 e. The van der Waals surface area contributed by atoms with Gasteiger partial charge in [0.05, 0.1) is 50.7 Å². The van der Waals surface area contributed by atoms with E-state index in [1.807, 2.05) is 39.8 Å². The molecule has 47 heavy (non-hydrogen) atoms. The number of nitrogens with zero attached hydrogens (tertiary/aromatic N) is 7. The van der Waals surface area contributed by atoms with Crippen molar-refractivity contribution in [3.63, 3.8) is 0 Å². The standard InChI is InChI=1S/C34H28ClN7O3S2/c35-33-14-13-31(46-33)34(43)40-17-15-39(16-18-40)28-9-11-29(12-10-28)42(47(44,45)32-4-2-1-3-27(32)20-37)23-30-21-38-24-41(30)22-26-7-5-25(19-36)6-8-26/h1-14,21,24H,15-18,22-23H2. The highest BCUT2D eigenvalue weighted by Crippen LogP contribution is 2.30. The fourth-order valence-corrected chi connectivity index (χ4v) is 8.04. The van der Waals surface area contributed by atoms with E-state index in [2.05, 4.69) is 16.0 Å². The highest BCUT2D eigenvalue weighted by molar-refractivity contribution is 7.92. The summed E-state index contributed by atoms with van der Waals surface area (Å²) in [5, 5.41) is 18.9. The zero-order valence-corrected chi connectivity index (χ0v) is 27.4. The molecular formula is C34H28ClN7O3S2. The van der Waals surface area contributed by atoms with Crippen LogP contribution in [0.2, 0.25) is 4.34 Å². The van der Waals surface area contributed by atoms with Gasteiger partial charge >= 0.3 is 0 Å². The van der Waals surface area contributed by atoms with E-state index in [0.29, 0.717) is 58.9 Å². The summed E-state index contributed by atoms with van der Waals surface area (Å²) in [7, 11) is -4.18. The second-order valence-electron chi connectivity index (χ2n) is 10.8. The second-order valence-corrected chi connectivity index (χ2v) is 14.4. The minimum Gasteiger partial charge on any atom is -0.368 e. The Morgan fingerprint density at radius 1 is 0.915 bits per heavy atom. The van der Waals surface area contributed by atoms with Crippen molar-refractivity contribution in [1.82, 2.24) is 14.5 Å². The number of thiophene rings is 1. The number of carbonyl (C=O) groups excluding carboxylic acids is 1. The summed E-state index contributed by atoms with van der Waals surface area (Å²) < 4.78 is 32.2. The molecule has 1 aliphatic heterocycles. The minimum atomic E-state index is -4.18. The first-order valence-corrected chi connectivity index (χ1v) is 17.3. The highest BCUT2D eigenvalue weighted by Gasteiger charge is 2.29. The van der Waals surface area contributed by atoms with Crippen molar-refractivity contribution in [1.29, 1.82) is 10.5 Å². The molecule has 0 radical (unpaired) electrons. The van der Waals surface area contributed by atoms with Crippen LogP contribution >= 0.6 is 22.9 Å². The number of aromatic nitrogens is 2. The number of hydrogen-bond donors (Lipinski definition) is 0. The monoisotopic (exact) mass is 681 g/mol. The van der Waals surface area contributed by atoms with E-state index in [0.717, 1.165) is 11.3 Å². The van der Waals surface area contributed by atoms with Crippen molar-refractivity contribution in [3.05, 3.63) is 129 Å². The molecule has 0 bridgehead atoms. The largest absolute Gasteiger partial charge is 0.368 e. The molecule has 0 spiro atoms. The van der Waals surface area contributed by atoms with Gasteiger partial charge < -0.3 is 14.4 Å². The van der Waals surface area contributed by atoms with Crippen LogP contribution in [0.5, 0.6) is 0 Å². The Balaban J connectivity index is 1.25. The lowest BCUT2D eigenvalue weighted by atomic mass is 10.1. The van der Waals surface area contributed by atoms with Gasteiger partial charge in [-0.1, -0.05) is 35.9 Å². The smallest absolute Gasteiger partial charge is 0.265 e. The van der Waals surface area contributed by atoms with E-state index in [-0.39, 0.29) is 22.9 Å². The molecule has 3 aromatic carbocycles. The van der Waals surface area contributed by atoms with E-state index < -0.39 is 10.0 Å². The van der Waals surface area contributed by atoms with E-state index >= 15 is 0 Å². The number of carbonyl (C=O) groups is 1.